The van der Waals surface area contributed by atoms with Crippen LogP contribution in [0.15, 0.2) is 66.9 Å². The molecule has 20 heavy (non-hydrogen) atoms. The van der Waals surface area contributed by atoms with Gasteiger partial charge in [-0.3, -0.25) is 4.98 Å². The molecule has 3 heteroatoms. The number of halogens is 1. The Morgan fingerprint density at radius 1 is 0.800 bits per heavy atom. The molecule has 0 aliphatic rings. The third-order valence-electron chi connectivity index (χ3n) is 3.04. The summed E-state index contributed by atoms with van der Waals surface area (Å²) in [4.78, 5) is 9.12. The van der Waals surface area contributed by atoms with E-state index >= 15 is 0 Å². The number of hydrogen-bond acceptors (Lipinski definition) is 2. The number of hydrogen-bond donors (Lipinski definition) is 0. The molecule has 0 saturated carbocycles. The summed E-state index contributed by atoms with van der Waals surface area (Å²) in [6, 6.07) is 20.3. The van der Waals surface area contributed by atoms with Gasteiger partial charge in [-0.25, -0.2) is 4.98 Å². The van der Waals surface area contributed by atoms with Gasteiger partial charge in [0.05, 0.1) is 17.1 Å². The fourth-order valence-corrected chi connectivity index (χ4v) is 2.39. The summed E-state index contributed by atoms with van der Waals surface area (Å²) in [6.07, 6.45) is 1.79. The van der Waals surface area contributed by atoms with Crippen LogP contribution < -0.4 is 0 Å². The molecule has 1 aromatic carbocycles. The van der Waals surface area contributed by atoms with E-state index in [0.29, 0.717) is 0 Å². The fourth-order valence-electron chi connectivity index (χ4n) is 2.07. The highest BCUT2D eigenvalue weighted by molar-refractivity contribution is 9.08. The van der Waals surface area contributed by atoms with E-state index in [1.807, 2.05) is 36.4 Å². The van der Waals surface area contributed by atoms with Crippen molar-refractivity contribution in [3.05, 3.63) is 72.4 Å². The monoisotopic (exact) mass is 324 g/mol. The molecule has 0 bridgehead atoms. The van der Waals surface area contributed by atoms with Crippen molar-refractivity contribution in [2.75, 3.05) is 0 Å². The molecule has 0 N–H and O–H groups in total. The van der Waals surface area contributed by atoms with Gasteiger partial charge in [0.1, 0.15) is 0 Å². The largest absolute Gasteiger partial charge is 0.255 e. The first-order valence-electron chi connectivity index (χ1n) is 6.40. The van der Waals surface area contributed by atoms with E-state index in [-0.39, 0.29) is 0 Å². The van der Waals surface area contributed by atoms with Crippen LogP contribution in [-0.2, 0) is 5.33 Å². The van der Waals surface area contributed by atoms with Gasteiger partial charge in [0.15, 0.2) is 0 Å². The van der Waals surface area contributed by atoms with E-state index < -0.39 is 0 Å². The van der Waals surface area contributed by atoms with Crippen LogP contribution in [0.3, 0.4) is 0 Å². The number of rotatable bonds is 3. The van der Waals surface area contributed by atoms with E-state index in [2.05, 4.69) is 45.2 Å². The molecule has 0 fully saturated rings. The molecule has 0 saturated heterocycles. The second-order valence-electron chi connectivity index (χ2n) is 4.46. The zero-order valence-corrected chi connectivity index (χ0v) is 12.4. The molecule has 2 nitrogen and oxygen atoms in total. The molecule has 0 atom stereocenters. The molecular formula is C17H13BrN2. The Morgan fingerprint density at radius 3 is 2.25 bits per heavy atom. The SMILES string of the molecule is BrCc1cc(-c2ccccc2)nc(-c2ccccn2)c1. The molecule has 0 radical (unpaired) electrons. The summed E-state index contributed by atoms with van der Waals surface area (Å²) < 4.78 is 0. The molecule has 2 aromatic heterocycles. The predicted octanol–water partition coefficient (Wildman–Crippen LogP) is 4.71. The zero-order valence-electron chi connectivity index (χ0n) is 10.8. The van der Waals surface area contributed by atoms with Crippen LogP contribution in [0.4, 0.5) is 0 Å². The van der Waals surface area contributed by atoms with Crippen LogP contribution >= 0.6 is 15.9 Å². The summed E-state index contributed by atoms with van der Waals surface area (Å²) in [5.41, 5.74) is 5.09. The molecule has 3 aromatic rings. The molecule has 2 heterocycles. The molecule has 0 unspecified atom stereocenters. The van der Waals surface area contributed by atoms with Gasteiger partial charge >= 0.3 is 0 Å². The number of benzene rings is 1. The van der Waals surface area contributed by atoms with Crippen LogP contribution in [-0.4, -0.2) is 9.97 Å². The Hall–Kier alpha value is -2.00. The number of pyridine rings is 2. The molecule has 0 aliphatic carbocycles. The molecule has 98 valence electrons. The second kappa shape index (κ2) is 5.97. The van der Waals surface area contributed by atoms with Crippen molar-refractivity contribution >= 4 is 15.9 Å². The smallest absolute Gasteiger partial charge is 0.0896 e. The molecule has 0 spiro atoms. The van der Waals surface area contributed by atoms with Crippen molar-refractivity contribution in [2.45, 2.75) is 5.33 Å². The maximum atomic E-state index is 4.74. The highest BCUT2D eigenvalue weighted by atomic mass is 79.9. The van der Waals surface area contributed by atoms with Gasteiger partial charge < -0.3 is 0 Å². The average Bonchev–Trinajstić information content (AvgIpc) is 2.56. The lowest BCUT2D eigenvalue weighted by molar-refractivity contribution is 1.23. The van der Waals surface area contributed by atoms with Crippen LogP contribution in [0.5, 0.6) is 0 Å². The first-order valence-corrected chi connectivity index (χ1v) is 7.53. The van der Waals surface area contributed by atoms with E-state index in [1.54, 1.807) is 6.20 Å². The van der Waals surface area contributed by atoms with Crippen molar-refractivity contribution in [2.24, 2.45) is 0 Å². The summed E-state index contributed by atoms with van der Waals surface area (Å²) in [7, 11) is 0. The average molecular weight is 325 g/mol. The van der Waals surface area contributed by atoms with E-state index in [4.69, 9.17) is 4.98 Å². The minimum atomic E-state index is 0.801. The van der Waals surface area contributed by atoms with Crippen LogP contribution in [0.25, 0.3) is 22.6 Å². The molecule has 3 rings (SSSR count). The third-order valence-corrected chi connectivity index (χ3v) is 3.68. The van der Waals surface area contributed by atoms with Crippen molar-refractivity contribution in [1.82, 2.24) is 9.97 Å². The summed E-state index contributed by atoms with van der Waals surface area (Å²) in [5, 5.41) is 0.801. The summed E-state index contributed by atoms with van der Waals surface area (Å²) >= 11 is 3.52. The molecular weight excluding hydrogens is 312 g/mol. The molecule has 0 amide bonds. The Labute approximate surface area is 126 Å². The number of nitrogens with zero attached hydrogens (tertiary/aromatic N) is 2. The van der Waals surface area contributed by atoms with Gasteiger partial charge in [-0.05, 0) is 29.8 Å². The van der Waals surface area contributed by atoms with E-state index in [0.717, 1.165) is 28.0 Å². The van der Waals surface area contributed by atoms with Gasteiger partial charge in [-0.15, -0.1) is 0 Å². The van der Waals surface area contributed by atoms with Crippen LogP contribution in [0.1, 0.15) is 5.56 Å². The van der Waals surface area contributed by atoms with Gasteiger partial charge in [-0.1, -0.05) is 52.3 Å². The van der Waals surface area contributed by atoms with Crippen molar-refractivity contribution in [3.63, 3.8) is 0 Å². The molecule has 0 aliphatic heterocycles. The highest BCUT2D eigenvalue weighted by Gasteiger charge is 2.07. The first kappa shape index (κ1) is 13.0. The van der Waals surface area contributed by atoms with Crippen LogP contribution in [0, 0.1) is 0 Å². The number of aromatic nitrogens is 2. The van der Waals surface area contributed by atoms with Gasteiger partial charge in [0.2, 0.25) is 0 Å². The van der Waals surface area contributed by atoms with Gasteiger partial charge in [0.25, 0.3) is 0 Å². The first-order chi connectivity index (χ1) is 9.86. The van der Waals surface area contributed by atoms with Gasteiger partial charge in [-0.2, -0.15) is 0 Å². The fraction of sp³-hybridized carbons (Fsp3) is 0.0588. The Bertz CT molecular complexity index is 639. The van der Waals surface area contributed by atoms with Crippen LogP contribution in [0.2, 0.25) is 0 Å². The second-order valence-corrected chi connectivity index (χ2v) is 5.02. The topological polar surface area (TPSA) is 25.8 Å². The summed E-state index contributed by atoms with van der Waals surface area (Å²) in [6.45, 7) is 0. The van der Waals surface area contributed by atoms with E-state index in [9.17, 15) is 0 Å². The lowest BCUT2D eigenvalue weighted by Gasteiger charge is -2.07. The Balaban J connectivity index is 2.13. The van der Waals surface area contributed by atoms with Crippen molar-refractivity contribution in [1.29, 1.82) is 0 Å². The lowest BCUT2D eigenvalue weighted by atomic mass is 10.1. The minimum Gasteiger partial charge on any atom is -0.255 e. The van der Waals surface area contributed by atoms with Crippen molar-refractivity contribution in [3.8, 4) is 22.6 Å². The zero-order chi connectivity index (χ0) is 13.8. The maximum absolute atomic E-state index is 4.74. The standard InChI is InChI=1S/C17H13BrN2/c18-12-13-10-16(14-6-2-1-3-7-14)20-17(11-13)15-8-4-5-9-19-15/h1-11H,12H2. The number of alkyl halides is 1. The summed E-state index contributed by atoms with van der Waals surface area (Å²) in [5.74, 6) is 0. The highest BCUT2D eigenvalue weighted by Crippen LogP contribution is 2.24. The third kappa shape index (κ3) is 2.78. The van der Waals surface area contributed by atoms with E-state index in [1.165, 1.54) is 5.56 Å². The Morgan fingerprint density at radius 2 is 1.55 bits per heavy atom. The normalized spacial score (nSPS) is 10.4. The predicted molar refractivity (Wildman–Crippen MR) is 85.5 cm³/mol. The Kier molecular flexibility index (Phi) is 3.88. The lowest BCUT2D eigenvalue weighted by Crippen LogP contribution is -1.93. The van der Waals surface area contributed by atoms with Gasteiger partial charge in [0, 0.05) is 17.1 Å². The quantitative estimate of drug-likeness (QED) is 0.652. The van der Waals surface area contributed by atoms with Crippen molar-refractivity contribution < 1.29 is 0 Å². The minimum absolute atomic E-state index is 0.801. The maximum Gasteiger partial charge on any atom is 0.0896 e.